The van der Waals surface area contributed by atoms with Gasteiger partial charge in [-0.15, -0.1) is 11.8 Å². The molecule has 4 rings (SSSR count). The first-order valence-electron chi connectivity index (χ1n) is 11.3. The van der Waals surface area contributed by atoms with E-state index in [1.807, 2.05) is 60.8 Å². The summed E-state index contributed by atoms with van der Waals surface area (Å²) in [6.07, 6.45) is 1.88. The van der Waals surface area contributed by atoms with E-state index in [1.54, 1.807) is 23.5 Å². The minimum absolute atomic E-state index is 0.540. The van der Waals surface area contributed by atoms with Gasteiger partial charge in [-0.25, -0.2) is 4.98 Å². The van der Waals surface area contributed by atoms with Crippen LogP contribution in [0.5, 0.6) is 5.75 Å². The number of fused-ring (bicyclic) bond motifs is 1. The first-order valence-corrected chi connectivity index (χ1v) is 13.2. The van der Waals surface area contributed by atoms with Crippen molar-refractivity contribution >= 4 is 34.6 Å². The van der Waals surface area contributed by atoms with Crippen molar-refractivity contribution in [1.29, 1.82) is 0 Å². The fraction of sp³-hybridized carbons (Fsp3) is 0.308. The molecule has 6 nitrogen and oxygen atoms in total. The van der Waals surface area contributed by atoms with E-state index in [9.17, 15) is 0 Å². The van der Waals surface area contributed by atoms with Crippen LogP contribution in [-0.4, -0.2) is 53.7 Å². The van der Waals surface area contributed by atoms with Crippen molar-refractivity contribution in [1.82, 2.24) is 15.0 Å². The molecule has 0 aliphatic heterocycles. The van der Waals surface area contributed by atoms with Crippen LogP contribution in [0.3, 0.4) is 0 Å². The van der Waals surface area contributed by atoms with E-state index < -0.39 is 0 Å². The molecule has 34 heavy (non-hydrogen) atoms. The molecule has 0 radical (unpaired) electrons. The van der Waals surface area contributed by atoms with Crippen LogP contribution in [0.4, 0.5) is 0 Å². The molecule has 0 aliphatic carbocycles. The highest BCUT2D eigenvalue weighted by Gasteiger charge is 2.09. The lowest BCUT2D eigenvalue weighted by atomic mass is 10.2. The maximum absolute atomic E-state index is 5.71. The zero-order valence-electron chi connectivity index (χ0n) is 19.2. The highest BCUT2D eigenvalue weighted by Crippen LogP contribution is 2.28. The summed E-state index contributed by atoms with van der Waals surface area (Å²) >= 11 is 3.48. The predicted octanol–water partition coefficient (Wildman–Crippen LogP) is 5.76. The van der Waals surface area contributed by atoms with E-state index in [2.05, 4.69) is 27.9 Å². The number of aromatic amines is 1. The largest absolute Gasteiger partial charge is 0.491 e. The number of rotatable bonds is 14. The zero-order valence-corrected chi connectivity index (χ0v) is 20.9. The van der Waals surface area contributed by atoms with E-state index in [1.165, 1.54) is 10.5 Å². The van der Waals surface area contributed by atoms with Crippen LogP contribution in [-0.2, 0) is 15.2 Å². The average Bonchev–Trinajstić information content (AvgIpc) is 3.29. The monoisotopic (exact) mass is 495 g/mol. The maximum Gasteiger partial charge on any atom is 0.166 e. The summed E-state index contributed by atoms with van der Waals surface area (Å²) in [6.45, 7) is 5.06. The lowest BCUT2D eigenvalue weighted by Crippen LogP contribution is -2.11. The molecule has 0 aliphatic rings. The van der Waals surface area contributed by atoms with Gasteiger partial charge in [0, 0.05) is 22.6 Å². The lowest BCUT2D eigenvalue weighted by molar-refractivity contribution is 0.0412. The van der Waals surface area contributed by atoms with Gasteiger partial charge < -0.3 is 19.2 Å². The van der Waals surface area contributed by atoms with E-state index >= 15 is 0 Å². The molecule has 0 amide bonds. The summed E-state index contributed by atoms with van der Waals surface area (Å²) in [4.78, 5) is 13.8. The number of imidazole rings is 1. The van der Waals surface area contributed by atoms with Crippen LogP contribution in [0, 0.1) is 6.92 Å². The Kier molecular flexibility index (Phi) is 9.69. The second-order valence-corrected chi connectivity index (χ2v) is 9.56. The summed E-state index contributed by atoms with van der Waals surface area (Å²) in [5.74, 6) is 2.53. The van der Waals surface area contributed by atoms with Gasteiger partial charge in [0.1, 0.15) is 12.4 Å². The molecule has 0 spiro atoms. The smallest absolute Gasteiger partial charge is 0.166 e. The van der Waals surface area contributed by atoms with E-state index in [0.29, 0.717) is 33.0 Å². The van der Waals surface area contributed by atoms with Gasteiger partial charge in [0.25, 0.3) is 0 Å². The summed E-state index contributed by atoms with van der Waals surface area (Å²) in [7, 11) is 0. The zero-order chi connectivity index (χ0) is 23.4. The Bertz CT molecular complexity index is 1120. The normalized spacial score (nSPS) is 11.2. The minimum Gasteiger partial charge on any atom is -0.491 e. The van der Waals surface area contributed by atoms with Gasteiger partial charge in [0.05, 0.1) is 43.2 Å². The molecule has 1 N–H and O–H groups in total. The first-order chi connectivity index (χ1) is 16.8. The van der Waals surface area contributed by atoms with Crippen molar-refractivity contribution in [2.24, 2.45) is 0 Å². The minimum atomic E-state index is 0.540. The van der Waals surface area contributed by atoms with Crippen LogP contribution in [0.2, 0.25) is 0 Å². The third-order valence-corrected chi connectivity index (χ3v) is 7.08. The van der Waals surface area contributed by atoms with Gasteiger partial charge in [-0.3, -0.25) is 4.98 Å². The third kappa shape index (κ3) is 7.50. The standard InChI is InChI=1S/C26H29N3O3S2/c1-20-24(19-34-26-28-22-9-5-6-10-23(22)29-26)27-12-11-25(20)33-18-17-31-14-13-30-15-16-32-21-7-3-2-4-8-21/h2-12H,13-19H2,1H3,(H,28,29). The molecule has 0 atom stereocenters. The third-order valence-electron chi connectivity index (χ3n) is 5.07. The molecular formula is C26H29N3O3S2. The molecule has 178 valence electrons. The fourth-order valence-corrected chi connectivity index (χ4v) is 5.09. The molecule has 2 aromatic carbocycles. The molecule has 2 aromatic heterocycles. The van der Waals surface area contributed by atoms with E-state index in [4.69, 9.17) is 14.2 Å². The van der Waals surface area contributed by atoms with Gasteiger partial charge in [-0.1, -0.05) is 42.1 Å². The Balaban J connectivity index is 1.10. The number of hydrogen-bond acceptors (Lipinski definition) is 7. The van der Waals surface area contributed by atoms with Gasteiger partial charge in [-0.2, -0.15) is 0 Å². The van der Waals surface area contributed by atoms with E-state index in [0.717, 1.165) is 39.1 Å². The Labute approximate surface area is 208 Å². The number of benzene rings is 2. The number of ether oxygens (including phenoxy) is 3. The first kappa shape index (κ1) is 24.6. The number of nitrogens with zero attached hydrogens (tertiary/aromatic N) is 2. The van der Waals surface area contributed by atoms with Crippen molar-refractivity contribution in [2.75, 3.05) is 38.8 Å². The molecular weight excluding hydrogens is 466 g/mol. The van der Waals surface area contributed by atoms with Crippen LogP contribution in [0.15, 0.2) is 76.9 Å². The van der Waals surface area contributed by atoms with Crippen LogP contribution < -0.4 is 4.74 Å². The maximum atomic E-state index is 5.71. The molecule has 2 heterocycles. The number of hydrogen-bond donors (Lipinski definition) is 1. The van der Waals surface area contributed by atoms with Crippen molar-refractivity contribution in [2.45, 2.75) is 22.7 Å². The number of H-pyrrole nitrogens is 1. The van der Waals surface area contributed by atoms with Crippen LogP contribution >= 0.6 is 23.5 Å². The molecule has 4 aromatic rings. The molecule has 0 fully saturated rings. The second-order valence-electron chi connectivity index (χ2n) is 7.46. The van der Waals surface area contributed by atoms with E-state index in [-0.39, 0.29) is 0 Å². The SMILES string of the molecule is Cc1c(SCCOCCOCCOc2ccccc2)ccnc1CSc1nc2ccccc2[nH]1. The Morgan fingerprint density at radius 3 is 2.44 bits per heavy atom. The summed E-state index contributed by atoms with van der Waals surface area (Å²) < 4.78 is 16.9. The molecule has 0 saturated heterocycles. The van der Waals surface area contributed by atoms with Crippen LogP contribution in [0.1, 0.15) is 11.3 Å². The number of thioether (sulfide) groups is 2. The Morgan fingerprint density at radius 2 is 1.59 bits per heavy atom. The van der Waals surface area contributed by atoms with Crippen molar-refractivity contribution in [3.05, 3.63) is 78.1 Å². The van der Waals surface area contributed by atoms with Crippen LogP contribution in [0.25, 0.3) is 11.0 Å². The topological polar surface area (TPSA) is 69.3 Å². The van der Waals surface area contributed by atoms with Gasteiger partial charge >= 0.3 is 0 Å². The highest BCUT2D eigenvalue weighted by atomic mass is 32.2. The fourth-order valence-electron chi connectivity index (χ4n) is 3.26. The van der Waals surface area contributed by atoms with Gasteiger partial charge in [0.2, 0.25) is 0 Å². The predicted molar refractivity (Wildman–Crippen MR) is 139 cm³/mol. The lowest BCUT2D eigenvalue weighted by Gasteiger charge is -2.10. The second kappa shape index (κ2) is 13.4. The van der Waals surface area contributed by atoms with Gasteiger partial charge in [0.15, 0.2) is 5.16 Å². The number of para-hydroxylation sites is 3. The van der Waals surface area contributed by atoms with Gasteiger partial charge in [-0.05, 0) is 42.8 Å². The highest BCUT2D eigenvalue weighted by molar-refractivity contribution is 7.99. The average molecular weight is 496 g/mol. The van der Waals surface area contributed by atoms with Crippen molar-refractivity contribution in [3.8, 4) is 5.75 Å². The summed E-state index contributed by atoms with van der Waals surface area (Å²) in [6, 6.07) is 19.9. The molecule has 8 heteroatoms. The summed E-state index contributed by atoms with van der Waals surface area (Å²) in [5.41, 5.74) is 4.36. The quantitative estimate of drug-likeness (QED) is 0.176. The Hall–Kier alpha value is -2.52. The van der Waals surface area contributed by atoms with Crippen molar-refractivity contribution < 1.29 is 14.2 Å². The number of pyridine rings is 1. The Morgan fingerprint density at radius 1 is 0.824 bits per heavy atom. The molecule has 0 bridgehead atoms. The molecule has 0 saturated carbocycles. The van der Waals surface area contributed by atoms with Crippen molar-refractivity contribution in [3.63, 3.8) is 0 Å². The number of nitrogens with one attached hydrogen (secondary N) is 1. The molecule has 0 unspecified atom stereocenters. The summed E-state index contributed by atoms with van der Waals surface area (Å²) in [5, 5.41) is 0.919. The number of aromatic nitrogens is 3.